The number of carbonyl (C=O) groups is 2. The zero-order valence-corrected chi connectivity index (χ0v) is 7.39. The molecule has 0 aromatic heterocycles. The van der Waals surface area contributed by atoms with Crippen molar-refractivity contribution in [2.45, 2.75) is 32.7 Å². The molecule has 0 aromatic carbocycles. The van der Waals surface area contributed by atoms with E-state index in [1.54, 1.807) is 0 Å². The molecule has 0 aliphatic heterocycles. The monoisotopic (exact) mass is 167 g/mol. The van der Waals surface area contributed by atoms with E-state index in [4.69, 9.17) is 6.42 Å². The van der Waals surface area contributed by atoms with Gasteiger partial charge in [-0.2, -0.15) is 0 Å². The Morgan fingerprint density at radius 2 is 2.17 bits per heavy atom. The van der Waals surface area contributed by atoms with Crippen molar-refractivity contribution in [2.75, 3.05) is 0 Å². The summed E-state index contributed by atoms with van der Waals surface area (Å²) >= 11 is 0. The summed E-state index contributed by atoms with van der Waals surface area (Å²) in [7, 11) is 0. The summed E-state index contributed by atoms with van der Waals surface area (Å²) in [4.78, 5) is 21.5. The summed E-state index contributed by atoms with van der Waals surface area (Å²) in [5, 5.41) is 2.55. The third-order valence-electron chi connectivity index (χ3n) is 1.35. The number of hydrogen-bond acceptors (Lipinski definition) is 2. The van der Waals surface area contributed by atoms with Crippen molar-refractivity contribution in [3.05, 3.63) is 0 Å². The fraction of sp³-hybridized carbons (Fsp3) is 0.556. The lowest BCUT2D eigenvalue weighted by atomic mass is 10.2. The van der Waals surface area contributed by atoms with Crippen LogP contribution in [0.5, 0.6) is 0 Å². The van der Waals surface area contributed by atoms with Crippen molar-refractivity contribution in [3.8, 4) is 12.3 Å². The molecule has 0 aliphatic carbocycles. The lowest BCUT2D eigenvalue weighted by Gasteiger charge is -2.08. The van der Waals surface area contributed by atoms with Gasteiger partial charge in [0.2, 0.25) is 5.91 Å². The Balaban J connectivity index is 3.84. The molecule has 1 amide bonds. The predicted octanol–water partition coefficient (Wildman–Crippen LogP) is 0.493. The van der Waals surface area contributed by atoms with Crippen molar-refractivity contribution < 1.29 is 9.59 Å². The second-order valence-corrected chi connectivity index (χ2v) is 2.57. The Hall–Kier alpha value is -1.30. The molecule has 0 rings (SSSR count). The lowest BCUT2D eigenvalue weighted by molar-refractivity contribution is -0.127. The highest BCUT2D eigenvalue weighted by atomic mass is 16.2. The van der Waals surface area contributed by atoms with Crippen molar-refractivity contribution in [1.29, 1.82) is 0 Å². The van der Waals surface area contributed by atoms with Crippen LogP contribution >= 0.6 is 0 Å². The van der Waals surface area contributed by atoms with Crippen LogP contribution in [0.3, 0.4) is 0 Å². The number of hydrogen-bond donors (Lipinski definition) is 1. The molecule has 0 aliphatic rings. The number of amides is 1. The molecule has 1 unspecified atom stereocenters. The first-order valence-corrected chi connectivity index (χ1v) is 3.85. The van der Waals surface area contributed by atoms with Gasteiger partial charge in [0.15, 0.2) is 0 Å². The maximum atomic E-state index is 11.0. The molecule has 0 radical (unpaired) electrons. The van der Waals surface area contributed by atoms with Crippen LogP contribution in [0.1, 0.15) is 26.7 Å². The number of ketones is 1. The molecular formula is C9H13NO2. The fourth-order valence-corrected chi connectivity index (χ4v) is 0.733. The highest BCUT2D eigenvalue weighted by Gasteiger charge is 2.08. The van der Waals surface area contributed by atoms with E-state index >= 15 is 0 Å². The maximum absolute atomic E-state index is 11.0. The number of terminal acetylenes is 1. The Labute approximate surface area is 72.5 Å². The molecule has 1 N–H and O–H groups in total. The quantitative estimate of drug-likeness (QED) is 0.489. The largest absolute Gasteiger partial charge is 0.342 e. The SMILES string of the molecule is C#CC(CC)NC(=O)CC(C)=O. The third-order valence-corrected chi connectivity index (χ3v) is 1.35. The Morgan fingerprint density at radius 3 is 2.50 bits per heavy atom. The van der Waals surface area contributed by atoms with E-state index in [0.717, 1.165) is 0 Å². The summed E-state index contributed by atoms with van der Waals surface area (Å²) in [6, 6.07) is -0.253. The molecule has 0 heterocycles. The zero-order valence-electron chi connectivity index (χ0n) is 7.39. The minimum absolute atomic E-state index is 0.0851. The summed E-state index contributed by atoms with van der Waals surface area (Å²) in [5.41, 5.74) is 0. The van der Waals surface area contributed by atoms with Gasteiger partial charge in [-0.1, -0.05) is 12.8 Å². The molecule has 0 saturated heterocycles. The number of rotatable bonds is 4. The molecule has 3 nitrogen and oxygen atoms in total. The van der Waals surface area contributed by atoms with Gasteiger partial charge in [0.25, 0.3) is 0 Å². The van der Waals surface area contributed by atoms with Gasteiger partial charge in [-0.05, 0) is 13.3 Å². The number of carbonyl (C=O) groups excluding carboxylic acids is 2. The lowest BCUT2D eigenvalue weighted by Crippen LogP contribution is -2.34. The Morgan fingerprint density at radius 1 is 1.58 bits per heavy atom. The van der Waals surface area contributed by atoms with Crippen molar-refractivity contribution in [1.82, 2.24) is 5.32 Å². The molecule has 12 heavy (non-hydrogen) atoms. The summed E-state index contributed by atoms with van der Waals surface area (Å²) in [5.74, 6) is 1.96. The minimum Gasteiger partial charge on any atom is -0.342 e. The molecule has 0 saturated carbocycles. The van der Waals surface area contributed by atoms with Crippen LogP contribution in [0.4, 0.5) is 0 Å². The molecule has 66 valence electrons. The van der Waals surface area contributed by atoms with Gasteiger partial charge in [0.05, 0.1) is 12.5 Å². The van der Waals surface area contributed by atoms with E-state index < -0.39 is 0 Å². The van der Waals surface area contributed by atoms with Crippen LogP contribution in [0.2, 0.25) is 0 Å². The normalized spacial score (nSPS) is 11.4. The minimum atomic E-state index is -0.299. The van der Waals surface area contributed by atoms with E-state index in [-0.39, 0.29) is 24.2 Å². The van der Waals surface area contributed by atoms with Gasteiger partial charge in [0, 0.05) is 0 Å². The van der Waals surface area contributed by atoms with Gasteiger partial charge < -0.3 is 5.32 Å². The van der Waals surface area contributed by atoms with Crippen LogP contribution in [0.15, 0.2) is 0 Å². The summed E-state index contributed by atoms with van der Waals surface area (Å²) < 4.78 is 0. The van der Waals surface area contributed by atoms with Crippen LogP contribution in [0, 0.1) is 12.3 Å². The molecular weight excluding hydrogens is 154 g/mol. The average Bonchev–Trinajstić information content (AvgIpc) is 1.98. The second kappa shape index (κ2) is 5.36. The first kappa shape index (κ1) is 10.7. The molecule has 0 bridgehead atoms. The van der Waals surface area contributed by atoms with Crippen molar-refractivity contribution >= 4 is 11.7 Å². The number of Topliss-reactive ketones (excluding diaryl/α,β-unsaturated/α-hetero) is 1. The summed E-state index contributed by atoms with van der Waals surface area (Å²) in [6.07, 6.45) is 5.71. The van der Waals surface area contributed by atoms with E-state index in [9.17, 15) is 9.59 Å². The predicted molar refractivity (Wildman–Crippen MR) is 46.4 cm³/mol. The van der Waals surface area contributed by atoms with Gasteiger partial charge in [-0.15, -0.1) is 6.42 Å². The standard InChI is InChI=1S/C9H13NO2/c1-4-8(5-2)10-9(12)6-7(3)11/h1,8H,5-6H2,2-3H3,(H,10,12). The van der Waals surface area contributed by atoms with Gasteiger partial charge in [0.1, 0.15) is 5.78 Å². The first-order chi connectivity index (χ1) is 5.60. The maximum Gasteiger partial charge on any atom is 0.228 e. The molecule has 3 heteroatoms. The Kier molecular flexibility index (Phi) is 4.78. The summed E-state index contributed by atoms with van der Waals surface area (Å²) in [6.45, 7) is 3.25. The molecule has 1 atom stereocenters. The molecule has 0 fully saturated rings. The van der Waals surface area contributed by atoms with Crippen LogP contribution in [-0.2, 0) is 9.59 Å². The average molecular weight is 167 g/mol. The fourth-order valence-electron chi connectivity index (χ4n) is 0.733. The van der Waals surface area contributed by atoms with Crippen LogP contribution < -0.4 is 5.32 Å². The second-order valence-electron chi connectivity index (χ2n) is 2.57. The van der Waals surface area contributed by atoms with Crippen LogP contribution in [-0.4, -0.2) is 17.7 Å². The van der Waals surface area contributed by atoms with Gasteiger partial charge in [-0.25, -0.2) is 0 Å². The zero-order chi connectivity index (χ0) is 9.56. The highest BCUT2D eigenvalue weighted by molar-refractivity contribution is 5.96. The van der Waals surface area contributed by atoms with E-state index in [2.05, 4.69) is 11.2 Å². The van der Waals surface area contributed by atoms with E-state index in [0.29, 0.717) is 6.42 Å². The van der Waals surface area contributed by atoms with Crippen molar-refractivity contribution in [2.24, 2.45) is 0 Å². The number of nitrogens with one attached hydrogen (secondary N) is 1. The van der Waals surface area contributed by atoms with Crippen LogP contribution in [0.25, 0.3) is 0 Å². The smallest absolute Gasteiger partial charge is 0.228 e. The molecule has 0 aromatic rings. The van der Waals surface area contributed by atoms with Gasteiger partial charge in [-0.3, -0.25) is 9.59 Å². The first-order valence-electron chi connectivity index (χ1n) is 3.85. The van der Waals surface area contributed by atoms with Crippen molar-refractivity contribution in [3.63, 3.8) is 0 Å². The highest BCUT2D eigenvalue weighted by Crippen LogP contribution is 1.90. The topological polar surface area (TPSA) is 46.2 Å². The molecule has 0 spiro atoms. The van der Waals surface area contributed by atoms with E-state index in [1.165, 1.54) is 6.92 Å². The third kappa shape index (κ3) is 4.51. The van der Waals surface area contributed by atoms with Gasteiger partial charge >= 0.3 is 0 Å². The Bertz CT molecular complexity index is 215. The van der Waals surface area contributed by atoms with E-state index in [1.807, 2.05) is 6.92 Å².